The largest absolute Gasteiger partial charge is 0.497 e. The number of methoxy groups -OCH3 is 1. The van der Waals surface area contributed by atoms with Gasteiger partial charge in [0, 0.05) is 12.6 Å². The summed E-state index contributed by atoms with van der Waals surface area (Å²) in [6, 6.07) is 8.42. The maximum atomic E-state index is 5.67. The van der Waals surface area contributed by atoms with Gasteiger partial charge in [-0.25, -0.2) is 0 Å². The Morgan fingerprint density at radius 2 is 2.00 bits per heavy atom. The van der Waals surface area contributed by atoms with Crippen LogP contribution in [-0.4, -0.2) is 25.9 Å². The molecule has 0 unspecified atom stereocenters. The second-order valence-electron chi connectivity index (χ2n) is 5.41. The molecule has 3 heteroatoms. The van der Waals surface area contributed by atoms with Crippen LogP contribution in [0.4, 0.5) is 0 Å². The van der Waals surface area contributed by atoms with Gasteiger partial charge in [-0.1, -0.05) is 12.1 Å². The highest BCUT2D eigenvalue weighted by Gasteiger charge is 2.10. The molecule has 0 heterocycles. The maximum absolute atomic E-state index is 5.67. The van der Waals surface area contributed by atoms with Crippen LogP contribution in [0.25, 0.3) is 0 Å². The Morgan fingerprint density at radius 1 is 1.28 bits per heavy atom. The molecule has 1 aromatic rings. The van der Waals surface area contributed by atoms with Crippen molar-refractivity contribution in [3.05, 3.63) is 29.8 Å². The third-order valence-electron chi connectivity index (χ3n) is 2.68. The molecule has 0 spiro atoms. The molecule has 1 N–H and O–H groups in total. The average molecular weight is 251 g/mol. The van der Waals surface area contributed by atoms with Gasteiger partial charge in [0.1, 0.15) is 5.75 Å². The van der Waals surface area contributed by atoms with Crippen molar-refractivity contribution in [2.45, 2.75) is 39.3 Å². The molecule has 0 aliphatic rings. The van der Waals surface area contributed by atoms with E-state index >= 15 is 0 Å². The first-order valence-electron chi connectivity index (χ1n) is 6.43. The highest BCUT2D eigenvalue weighted by molar-refractivity contribution is 5.30. The lowest BCUT2D eigenvalue weighted by Gasteiger charge is -2.21. The van der Waals surface area contributed by atoms with Crippen LogP contribution in [-0.2, 0) is 4.74 Å². The van der Waals surface area contributed by atoms with E-state index < -0.39 is 0 Å². The third kappa shape index (κ3) is 5.52. The van der Waals surface area contributed by atoms with Gasteiger partial charge in [-0.3, -0.25) is 0 Å². The number of benzene rings is 1. The Bertz CT molecular complexity index is 358. The standard InChI is InChI=1S/C15H25NO2/c1-12(16-9-10-18-15(2,3)4)13-7-6-8-14(11-13)17-5/h6-8,11-12,16H,9-10H2,1-5H3/t12-/m0/s1. The summed E-state index contributed by atoms with van der Waals surface area (Å²) in [6.07, 6.45) is 0. The summed E-state index contributed by atoms with van der Waals surface area (Å²) in [7, 11) is 1.69. The quantitative estimate of drug-likeness (QED) is 0.788. The first-order valence-corrected chi connectivity index (χ1v) is 6.43. The van der Waals surface area contributed by atoms with Gasteiger partial charge in [0.05, 0.1) is 19.3 Å². The molecule has 0 aliphatic heterocycles. The summed E-state index contributed by atoms with van der Waals surface area (Å²) in [5.41, 5.74) is 1.16. The molecule has 1 atom stereocenters. The molecule has 0 amide bonds. The summed E-state index contributed by atoms with van der Waals surface area (Å²) >= 11 is 0. The van der Waals surface area contributed by atoms with E-state index in [1.165, 1.54) is 5.56 Å². The van der Waals surface area contributed by atoms with Crippen molar-refractivity contribution in [1.29, 1.82) is 0 Å². The van der Waals surface area contributed by atoms with Crippen molar-refractivity contribution in [2.75, 3.05) is 20.3 Å². The number of rotatable bonds is 6. The predicted molar refractivity (Wildman–Crippen MR) is 75.1 cm³/mol. The Balaban J connectivity index is 2.38. The van der Waals surface area contributed by atoms with Gasteiger partial charge in [0.15, 0.2) is 0 Å². The number of nitrogens with one attached hydrogen (secondary N) is 1. The topological polar surface area (TPSA) is 30.5 Å². The molecule has 1 rings (SSSR count). The molecular weight excluding hydrogens is 226 g/mol. The van der Waals surface area contributed by atoms with Crippen molar-refractivity contribution in [1.82, 2.24) is 5.32 Å². The Kier molecular flexibility index (Phi) is 5.63. The Morgan fingerprint density at radius 3 is 2.61 bits per heavy atom. The minimum absolute atomic E-state index is 0.0686. The molecule has 0 aromatic heterocycles. The van der Waals surface area contributed by atoms with E-state index in [0.717, 1.165) is 18.9 Å². The SMILES string of the molecule is COc1cccc([C@H](C)NCCOC(C)(C)C)c1. The fraction of sp³-hybridized carbons (Fsp3) is 0.600. The molecular formula is C15H25NO2. The lowest BCUT2D eigenvalue weighted by Crippen LogP contribution is -2.28. The number of ether oxygens (including phenoxy) is 2. The molecule has 1 aromatic carbocycles. The second-order valence-corrected chi connectivity index (χ2v) is 5.41. The second kappa shape index (κ2) is 6.76. The average Bonchev–Trinajstić information content (AvgIpc) is 2.33. The Hall–Kier alpha value is -1.06. The maximum Gasteiger partial charge on any atom is 0.119 e. The molecule has 0 radical (unpaired) electrons. The van der Waals surface area contributed by atoms with Crippen molar-refractivity contribution in [2.24, 2.45) is 0 Å². The fourth-order valence-electron chi connectivity index (χ4n) is 1.66. The van der Waals surface area contributed by atoms with Crippen molar-refractivity contribution in [3.8, 4) is 5.75 Å². The van der Waals surface area contributed by atoms with Gasteiger partial charge < -0.3 is 14.8 Å². The van der Waals surface area contributed by atoms with Crippen LogP contribution in [0, 0.1) is 0 Å². The molecule has 102 valence electrons. The number of hydrogen-bond acceptors (Lipinski definition) is 3. The first-order chi connectivity index (χ1) is 8.42. The smallest absolute Gasteiger partial charge is 0.119 e. The van der Waals surface area contributed by atoms with Gasteiger partial charge >= 0.3 is 0 Å². The zero-order chi connectivity index (χ0) is 13.6. The molecule has 0 saturated carbocycles. The van der Waals surface area contributed by atoms with E-state index in [0.29, 0.717) is 6.04 Å². The monoisotopic (exact) mass is 251 g/mol. The van der Waals surface area contributed by atoms with Crippen LogP contribution in [0.1, 0.15) is 39.3 Å². The minimum Gasteiger partial charge on any atom is -0.497 e. The molecule has 0 saturated heterocycles. The van der Waals surface area contributed by atoms with Crippen LogP contribution in [0.2, 0.25) is 0 Å². The van der Waals surface area contributed by atoms with Crippen molar-refractivity contribution < 1.29 is 9.47 Å². The zero-order valence-electron chi connectivity index (χ0n) is 12.1. The highest BCUT2D eigenvalue weighted by atomic mass is 16.5. The van der Waals surface area contributed by atoms with Gasteiger partial charge in [-0.2, -0.15) is 0 Å². The molecule has 18 heavy (non-hydrogen) atoms. The summed E-state index contributed by atoms with van der Waals surface area (Å²) in [4.78, 5) is 0. The summed E-state index contributed by atoms with van der Waals surface area (Å²) in [6.45, 7) is 9.91. The summed E-state index contributed by atoms with van der Waals surface area (Å²) < 4.78 is 10.9. The molecule has 0 fully saturated rings. The van der Waals surface area contributed by atoms with Crippen LogP contribution >= 0.6 is 0 Å². The lowest BCUT2D eigenvalue weighted by atomic mass is 10.1. The molecule has 3 nitrogen and oxygen atoms in total. The van der Waals surface area contributed by atoms with Gasteiger partial charge in [0.25, 0.3) is 0 Å². The van der Waals surface area contributed by atoms with Gasteiger partial charge in [-0.05, 0) is 45.4 Å². The fourth-order valence-corrected chi connectivity index (χ4v) is 1.66. The van der Waals surface area contributed by atoms with E-state index in [1.54, 1.807) is 7.11 Å². The first kappa shape index (κ1) is 15.0. The van der Waals surface area contributed by atoms with Gasteiger partial charge in [0.2, 0.25) is 0 Å². The summed E-state index contributed by atoms with van der Waals surface area (Å²) in [5, 5.41) is 3.44. The van der Waals surface area contributed by atoms with E-state index in [9.17, 15) is 0 Å². The van der Waals surface area contributed by atoms with E-state index in [2.05, 4.69) is 45.1 Å². The van der Waals surface area contributed by atoms with Crippen LogP contribution in [0.15, 0.2) is 24.3 Å². The van der Waals surface area contributed by atoms with Crippen LogP contribution in [0.3, 0.4) is 0 Å². The van der Waals surface area contributed by atoms with E-state index in [4.69, 9.17) is 9.47 Å². The zero-order valence-corrected chi connectivity index (χ0v) is 12.1. The lowest BCUT2D eigenvalue weighted by molar-refractivity contribution is -0.00149. The third-order valence-corrected chi connectivity index (χ3v) is 2.68. The van der Waals surface area contributed by atoms with Gasteiger partial charge in [-0.15, -0.1) is 0 Å². The van der Waals surface area contributed by atoms with Crippen LogP contribution < -0.4 is 10.1 Å². The van der Waals surface area contributed by atoms with Crippen molar-refractivity contribution >= 4 is 0 Å². The molecule has 0 aliphatic carbocycles. The van der Waals surface area contributed by atoms with E-state index in [-0.39, 0.29) is 5.60 Å². The van der Waals surface area contributed by atoms with E-state index in [1.807, 2.05) is 12.1 Å². The Labute approximate surface area is 110 Å². The number of hydrogen-bond donors (Lipinski definition) is 1. The van der Waals surface area contributed by atoms with Crippen LogP contribution in [0.5, 0.6) is 5.75 Å². The highest BCUT2D eigenvalue weighted by Crippen LogP contribution is 2.18. The van der Waals surface area contributed by atoms with Crippen molar-refractivity contribution in [3.63, 3.8) is 0 Å². The minimum atomic E-state index is -0.0686. The normalized spacial score (nSPS) is 13.4. The molecule has 0 bridgehead atoms. The predicted octanol–water partition coefficient (Wildman–Crippen LogP) is 3.16. The summed E-state index contributed by atoms with van der Waals surface area (Å²) in [5.74, 6) is 0.895.